The van der Waals surface area contributed by atoms with Gasteiger partial charge in [0.1, 0.15) is 23.5 Å². The molecule has 10 heteroatoms. The Morgan fingerprint density at radius 1 is 0.485 bits per heavy atom. The first-order valence-electron chi connectivity index (χ1n) is 24.3. The Morgan fingerprint density at radius 3 is 1.44 bits per heavy atom. The third-order valence-corrected chi connectivity index (χ3v) is 18.1. The zero-order chi connectivity index (χ0) is 45.0. The van der Waals surface area contributed by atoms with Gasteiger partial charge in [-0.25, -0.2) is 0 Å². The van der Waals surface area contributed by atoms with Gasteiger partial charge in [0.2, 0.25) is 0 Å². The van der Waals surface area contributed by atoms with Crippen molar-refractivity contribution in [3.8, 4) is 5.75 Å². The number of nitrogens with zero attached hydrogens (tertiary/aromatic N) is 2. The second-order valence-electron chi connectivity index (χ2n) is 20.0. The van der Waals surface area contributed by atoms with E-state index >= 15 is 0 Å². The van der Waals surface area contributed by atoms with Crippen molar-refractivity contribution in [1.29, 1.82) is 0 Å². The van der Waals surface area contributed by atoms with E-state index in [1.165, 1.54) is 47.0 Å². The predicted octanol–water partition coefficient (Wildman–Crippen LogP) is 5.82. The number of para-hydroxylation sites is 1. The fourth-order valence-corrected chi connectivity index (χ4v) is 14.0. The monoisotopic (exact) mass is 1080 g/mol. The van der Waals surface area contributed by atoms with Crippen LogP contribution in [0.4, 0.5) is 0 Å². The highest BCUT2D eigenvalue weighted by Gasteiger charge is 2.61. The predicted molar refractivity (Wildman–Crippen MR) is 270 cm³/mol. The van der Waals surface area contributed by atoms with E-state index < -0.39 is 11.2 Å². The summed E-state index contributed by atoms with van der Waals surface area (Å²) >= 11 is 3.37. The number of ether oxygens (including phenoxy) is 2. The average molecular weight is 1080 g/mol. The second-order valence-corrected chi connectivity index (χ2v) is 21.5. The lowest BCUT2D eigenvalue weighted by atomic mass is 9.56. The highest BCUT2D eigenvalue weighted by Crippen LogP contribution is 2.59. The van der Waals surface area contributed by atoms with Gasteiger partial charge in [-0.05, 0) is 90.4 Å². The van der Waals surface area contributed by atoms with E-state index in [4.69, 9.17) is 9.47 Å². The molecule has 13 rings (SSSR count). The van der Waals surface area contributed by atoms with Crippen LogP contribution in [0.2, 0.25) is 0 Å². The van der Waals surface area contributed by atoms with Crippen molar-refractivity contribution in [3.63, 3.8) is 0 Å². The Labute approximate surface area is 432 Å². The number of halogens is 2. The van der Waals surface area contributed by atoms with Crippen LogP contribution in [0.3, 0.4) is 0 Å². The van der Waals surface area contributed by atoms with Crippen molar-refractivity contribution < 1.29 is 62.6 Å². The molecule has 7 aromatic rings. The molecule has 68 heavy (non-hydrogen) atoms. The first-order valence-corrected chi connectivity index (χ1v) is 26.2. The Morgan fingerprint density at radius 2 is 0.941 bits per heavy atom. The number of hydrogen-bond acceptors (Lipinski definition) is 6. The molecular formula is C58H66Br2N2O4S2. The van der Waals surface area contributed by atoms with E-state index in [-0.39, 0.29) is 44.8 Å². The molecule has 2 aromatic heterocycles. The van der Waals surface area contributed by atoms with Crippen molar-refractivity contribution in [2.24, 2.45) is 10.8 Å². The summed E-state index contributed by atoms with van der Waals surface area (Å²) in [7, 11) is 0. The maximum atomic E-state index is 12.5. The van der Waals surface area contributed by atoms with Gasteiger partial charge in [-0.3, -0.25) is 0 Å². The quantitative estimate of drug-likeness (QED) is 0.0949. The lowest BCUT2D eigenvalue weighted by Crippen LogP contribution is -3.00. The minimum Gasteiger partial charge on any atom is -1.00 e. The Balaban J connectivity index is 0.000000181. The Hall–Kier alpha value is -3.68. The van der Waals surface area contributed by atoms with Gasteiger partial charge in [0.15, 0.2) is 0 Å². The van der Waals surface area contributed by atoms with Crippen LogP contribution in [0.25, 0.3) is 10.8 Å². The van der Waals surface area contributed by atoms with Crippen molar-refractivity contribution in [2.45, 2.75) is 62.8 Å². The third kappa shape index (κ3) is 9.84. The number of fused-ring (bicyclic) bond motifs is 7. The van der Waals surface area contributed by atoms with E-state index in [1.807, 2.05) is 42.5 Å². The topological polar surface area (TPSA) is 58.9 Å². The number of rotatable bonds is 16. The number of thiophene rings is 2. The first-order chi connectivity index (χ1) is 32.3. The number of hydrogen-bond donors (Lipinski definition) is 2. The van der Waals surface area contributed by atoms with Crippen molar-refractivity contribution in [3.05, 3.63) is 195 Å². The molecule has 0 aliphatic carbocycles. The normalized spacial score (nSPS) is 24.0. The maximum absolute atomic E-state index is 12.5. The minimum atomic E-state index is -0.960. The molecule has 358 valence electrons. The highest BCUT2D eigenvalue weighted by molar-refractivity contribution is 7.08. The molecule has 0 saturated carbocycles. The molecule has 6 aliphatic heterocycles. The van der Waals surface area contributed by atoms with Crippen LogP contribution in [-0.2, 0) is 22.5 Å². The summed E-state index contributed by atoms with van der Waals surface area (Å²) in [4.78, 5) is 0. The largest absolute Gasteiger partial charge is 1.00 e. The van der Waals surface area contributed by atoms with Crippen LogP contribution >= 0.6 is 22.7 Å². The summed E-state index contributed by atoms with van der Waals surface area (Å²) in [5.74, 6) is 0.963. The van der Waals surface area contributed by atoms with E-state index in [2.05, 4.69) is 125 Å². The number of aliphatic hydroxyl groups is 2. The molecule has 0 amide bonds. The van der Waals surface area contributed by atoms with Gasteiger partial charge in [0.25, 0.3) is 0 Å². The highest BCUT2D eigenvalue weighted by atomic mass is 79.9. The standard InChI is InChI=1S/C33H36NO2.C25H30NO2S2.2BrH/c35-33(30-11-3-1-4-12-30,31-13-5-2-6-14-31)32-17-20-34(21-18-32,22-19-32)23-24-36-26-27-15-16-28-9-7-8-10-29(28)25-27;27-25(21-7-17-29-19-21,22-8-18-30-20-22)24-9-13-26(14-10-24,15-11-24)12-4-16-28-23-5-2-1-3-6-23;;/h1-16,25,35H,17-24,26H2;1-3,5-8,17-20,27H,4,9-16H2;2*1H/q2*+1;;/p-2. The molecule has 6 aliphatic rings. The number of piperidine rings is 6. The SMILES string of the molecule is OC(c1ccccc1)(c1ccccc1)C12CC[N+](CCOCc3ccc4ccccc4c3)(CC1)CC2.OC(c1ccsc1)(c1ccsc1)C12CC[N+](CCCOc3ccccc3)(CC1)CC2.[Br-].[Br-]. The van der Waals surface area contributed by atoms with Crippen molar-refractivity contribution in [1.82, 2.24) is 0 Å². The fourth-order valence-electron chi connectivity index (χ4n) is 12.6. The van der Waals surface area contributed by atoms with E-state index in [0.29, 0.717) is 6.61 Å². The molecule has 6 saturated heterocycles. The fraction of sp³-hybridized carbons (Fsp3) is 0.379. The van der Waals surface area contributed by atoms with E-state index in [0.717, 1.165) is 117 Å². The lowest BCUT2D eigenvalue weighted by Gasteiger charge is -2.60. The van der Waals surface area contributed by atoms with Crippen LogP contribution in [-0.4, -0.2) is 84.8 Å². The van der Waals surface area contributed by atoms with Crippen molar-refractivity contribution in [2.75, 3.05) is 65.6 Å². The summed E-state index contributed by atoms with van der Waals surface area (Å²) in [5, 5.41) is 35.8. The number of quaternary nitrogens is 2. The Kier molecular flexibility index (Phi) is 16.2. The first kappa shape index (κ1) is 50.7. The van der Waals surface area contributed by atoms with Gasteiger partial charge in [0.05, 0.1) is 65.6 Å². The number of benzene rings is 5. The maximum Gasteiger partial charge on any atom is 0.122 e. The van der Waals surface area contributed by atoms with Crippen LogP contribution in [0.5, 0.6) is 5.75 Å². The van der Waals surface area contributed by atoms with E-state index in [9.17, 15) is 10.2 Å². The lowest BCUT2D eigenvalue weighted by molar-refractivity contribution is -0.946. The second kappa shape index (κ2) is 21.8. The molecule has 0 spiro atoms. The minimum absolute atomic E-state index is 0. The molecule has 0 unspecified atom stereocenters. The van der Waals surface area contributed by atoms with Gasteiger partial charge >= 0.3 is 0 Å². The molecule has 0 radical (unpaired) electrons. The molecule has 5 aromatic carbocycles. The Bertz CT molecular complexity index is 2510. The van der Waals surface area contributed by atoms with Crippen LogP contribution in [0, 0.1) is 10.8 Å². The summed E-state index contributed by atoms with van der Waals surface area (Å²) in [6, 6.07) is 50.2. The average Bonchev–Trinajstić information content (AvgIpc) is 4.16. The smallest absolute Gasteiger partial charge is 0.122 e. The van der Waals surface area contributed by atoms with Gasteiger partial charge in [-0.1, -0.05) is 115 Å². The van der Waals surface area contributed by atoms with Crippen molar-refractivity contribution >= 4 is 33.4 Å². The molecule has 4 bridgehead atoms. The summed E-state index contributed by atoms with van der Waals surface area (Å²) in [6.45, 7) is 11.3. The van der Waals surface area contributed by atoms with Gasteiger partial charge < -0.3 is 62.6 Å². The molecule has 6 fully saturated rings. The molecule has 6 nitrogen and oxygen atoms in total. The van der Waals surface area contributed by atoms with Gasteiger partial charge in [-0.2, -0.15) is 22.7 Å². The third-order valence-electron chi connectivity index (χ3n) is 16.8. The molecular weight excluding hydrogens is 1010 g/mol. The zero-order valence-electron chi connectivity index (χ0n) is 39.1. The summed E-state index contributed by atoms with van der Waals surface area (Å²) in [6.07, 6.45) is 7.48. The molecule has 0 atom stereocenters. The van der Waals surface area contributed by atoms with Crippen LogP contribution in [0.1, 0.15) is 72.8 Å². The zero-order valence-corrected chi connectivity index (χ0v) is 43.9. The molecule has 8 heterocycles. The van der Waals surface area contributed by atoms with Crippen LogP contribution < -0.4 is 38.7 Å². The summed E-state index contributed by atoms with van der Waals surface area (Å²) in [5.41, 5.74) is 3.47. The molecule has 2 N–H and O–H groups in total. The summed E-state index contributed by atoms with van der Waals surface area (Å²) < 4.78 is 14.4. The van der Waals surface area contributed by atoms with Crippen LogP contribution in [0.15, 0.2) is 167 Å². The van der Waals surface area contributed by atoms with Gasteiger partial charge in [-0.15, -0.1) is 0 Å². The van der Waals surface area contributed by atoms with E-state index in [1.54, 1.807) is 22.7 Å². The van der Waals surface area contributed by atoms with Gasteiger partial charge in [0, 0.05) is 55.8 Å².